The molecule has 1 aromatic carbocycles. The summed E-state index contributed by atoms with van der Waals surface area (Å²) in [6.07, 6.45) is 8.75. The molecule has 3 aromatic rings. The van der Waals surface area contributed by atoms with Crippen molar-refractivity contribution in [3.05, 3.63) is 42.7 Å². The molecule has 0 radical (unpaired) electrons. The number of nitrogens with one attached hydrogen (secondary N) is 1. The minimum Gasteiger partial charge on any atom is -0.497 e. The van der Waals surface area contributed by atoms with Crippen LogP contribution in [0.4, 0.5) is 11.5 Å². The fourth-order valence-corrected chi connectivity index (χ4v) is 2.59. The van der Waals surface area contributed by atoms with E-state index >= 15 is 0 Å². The lowest BCUT2D eigenvalue weighted by atomic mass is 10.2. The quantitative estimate of drug-likeness (QED) is 0.441. The number of fused-ring (bicyclic) bond motifs is 1. The summed E-state index contributed by atoms with van der Waals surface area (Å²) in [4.78, 5) is 13.2. The van der Waals surface area contributed by atoms with Crippen LogP contribution in [0, 0.1) is 12.3 Å². The van der Waals surface area contributed by atoms with Crippen molar-refractivity contribution in [2.75, 3.05) is 18.2 Å². The van der Waals surface area contributed by atoms with Gasteiger partial charge in [-0.05, 0) is 18.2 Å². The molecule has 2 aromatic heterocycles. The van der Waals surface area contributed by atoms with Crippen molar-refractivity contribution >= 4 is 34.2 Å². The maximum absolute atomic E-state index is 5.31. The van der Waals surface area contributed by atoms with Crippen LogP contribution in [0.5, 0.6) is 5.75 Å². The summed E-state index contributed by atoms with van der Waals surface area (Å²) in [7, 11) is 1.64. The first kappa shape index (κ1) is 15.1. The maximum Gasteiger partial charge on any atom is 0.191 e. The van der Waals surface area contributed by atoms with E-state index in [-0.39, 0.29) is 0 Å². The van der Waals surface area contributed by atoms with Crippen LogP contribution in [0.2, 0.25) is 0 Å². The second-order valence-electron chi connectivity index (χ2n) is 4.60. The van der Waals surface area contributed by atoms with Gasteiger partial charge in [0.05, 0.1) is 24.6 Å². The number of nitrogens with zero attached hydrogens (tertiary/aromatic N) is 3. The van der Waals surface area contributed by atoms with Crippen LogP contribution < -0.4 is 10.1 Å². The predicted molar refractivity (Wildman–Crippen MR) is 93.2 cm³/mol. The molecule has 23 heavy (non-hydrogen) atoms. The topological polar surface area (TPSA) is 59.9 Å². The Hall–Kier alpha value is -2.78. The highest BCUT2D eigenvalue weighted by Gasteiger charge is 2.09. The van der Waals surface area contributed by atoms with Crippen LogP contribution in [0.25, 0.3) is 10.9 Å². The van der Waals surface area contributed by atoms with E-state index in [9.17, 15) is 0 Å². The molecule has 0 amide bonds. The molecule has 2 heterocycles. The molecule has 0 aliphatic carbocycles. The Balaban J connectivity index is 2.02. The lowest BCUT2D eigenvalue weighted by molar-refractivity contribution is 0.415. The van der Waals surface area contributed by atoms with E-state index in [4.69, 9.17) is 11.2 Å². The third kappa shape index (κ3) is 3.52. The van der Waals surface area contributed by atoms with Crippen LogP contribution in [-0.2, 0) is 0 Å². The molecule has 0 spiro atoms. The fourth-order valence-electron chi connectivity index (χ4n) is 2.06. The minimum atomic E-state index is 0.518. The van der Waals surface area contributed by atoms with Gasteiger partial charge in [-0.25, -0.2) is 9.97 Å². The van der Waals surface area contributed by atoms with E-state index in [1.54, 1.807) is 19.5 Å². The van der Waals surface area contributed by atoms with Gasteiger partial charge in [0, 0.05) is 23.3 Å². The number of anilines is 2. The highest BCUT2D eigenvalue weighted by Crippen LogP contribution is 2.27. The summed E-state index contributed by atoms with van der Waals surface area (Å²) < 4.78 is 5.25. The van der Waals surface area contributed by atoms with Crippen molar-refractivity contribution in [2.24, 2.45) is 0 Å². The lowest BCUT2D eigenvalue weighted by Gasteiger charge is -2.11. The summed E-state index contributed by atoms with van der Waals surface area (Å²) >= 11 is 1.42. The van der Waals surface area contributed by atoms with E-state index in [1.807, 2.05) is 30.3 Å². The third-order valence-corrected chi connectivity index (χ3v) is 3.85. The summed E-state index contributed by atoms with van der Waals surface area (Å²) in [5, 5.41) is 4.83. The summed E-state index contributed by atoms with van der Waals surface area (Å²) in [5.41, 5.74) is 1.65. The van der Waals surface area contributed by atoms with Crippen LogP contribution in [0.3, 0.4) is 0 Å². The van der Waals surface area contributed by atoms with Crippen molar-refractivity contribution in [3.63, 3.8) is 0 Å². The van der Waals surface area contributed by atoms with E-state index in [0.717, 1.165) is 22.3 Å². The van der Waals surface area contributed by atoms with E-state index in [0.29, 0.717) is 16.7 Å². The Kier molecular flexibility index (Phi) is 4.60. The predicted octanol–water partition coefficient (Wildman–Crippen LogP) is 3.50. The molecule has 1 N–H and O–H groups in total. The monoisotopic (exact) mass is 322 g/mol. The third-order valence-electron chi connectivity index (χ3n) is 3.10. The molecule has 0 atom stereocenters. The number of thioether (sulfide) groups is 1. The normalized spacial score (nSPS) is 10.3. The number of methoxy groups -OCH3 is 1. The van der Waals surface area contributed by atoms with E-state index < -0.39 is 0 Å². The average Bonchev–Trinajstić information content (AvgIpc) is 2.60. The molecule has 0 aliphatic heterocycles. The largest absolute Gasteiger partial charge is 0.497 e. The zero-order valence-corrected chi connectivity index (χ0v) is 13.3. The van der Waals surface area contributed by atoms with Crippen molar-refractivity contribution < 1.29 is 4.74 Å². The number of terminal acetylenes is 1. The summed E-state index contributed by atoms with van der Waals surface area (Å²) in [6, 6.07) is 9.55. The smallest absolute Gasteiger partial charge is 0.191 e. The van der Waals surface area contributed by atoms with Crippen molar-refractivity contribution in [2.45, 2.75) is 5.16 Å². The molecule has 0 bridgehead atoms. The average molecular weight is 322 g/mol. The first-order valence-electron chi connectivity index (χ1n) is 6.89. The number of hydrogen-bond donors (Lipinski definition) is 1. The zero-order chi connectivity index (χ0) is 16.1. The second-order valence-corrected chi connectivity index (χ2v) is 5.54. The van der Waals surface area contributed by atoms with Gasteiger partial charge in [-0.15, -0.1) is 6.42 Å². The summed E-state index contributed by atoms with van der Waals surface area (Å²) in [5.74, 6) is 4.59. The zero-order valence-electron chi connectivity index (χ0n) is 12.5. The number of rotatable bonds is 5. The molecule has 0 fully saturated rings. The van der Waals surface area contributed by atoms with Gasteiger partial charge >= 0.3 is 0 Å². The fraction of sp³-hybridized carbons (Fsp3) is 0.118. The van der Waals surface area contributed by atoms with Crippen LogP contribution in [-0.4, -0.2) is 27.8 Å². The van der Waals surface area contributed by atoms with Gasteiger partial charge in [-0.3, -0.25) is 4.98 Å². The van der Waals surface area contributed by atoms with Crippen LogP contribution in [0.1, 0.15) is 0 Å². The Morgan fingerprint density at radius 2 is 2.22 bits per heavy atom. The highest BCUT2D eigenvalue weighted by atomic mass is 32.2. The first-order chi connectivity index (χ1) is 11.3. The molecule has 114 valence electrons. The van der Waals surface area contributed by atoms with Gasteiger partial charge in [-0.2, -0.15) is 0 Å². The number of hydrogen-bond acceptors (Lipinski definition) is 6. The molecule has 0 saturated heterocycles. The Morgan fingerprint density at radius 3 is 3.04 bits per heavy atom. The van der Waals surface area contributed by atoms with Gasteiger partial charge < -0.3 is 10.1 Å². The molecular formula is C17H14N4OS. The van der Waals surface area contributed by atoms with Crippen LogP contribution >= 0.6 is 11.8 Å². The molecule has 6 heteroatoms. The van der Waals surface area contributed by atoms with Gasteiger partial charge in [0.2, 0.25) is 0 Å². The van der Waals surface area contributed by atoms with Crippen molar-refractivity contribution in [3.8, 4) is 18.1 Å². The molecule has 5 nitrogen and oxygen atoms in total. The molecule has 0 saturated carbocycles. The van der Waals surface area contributed by atoms with Gasteiger partial charge in [-0.1, -0.05) is 23.7 Å². The van der Waals surface area contributed by atoms with E-state index in [2.05, 4.69) is 26.2 Å². The standard InChI is InChI=1S/C17H14N4OS/c1-3-9-23-17-20-15-11-18-8-7-14(15)16(21-17)19-12-5-4-6-13(10-12)22-2/h1,4-8,10-11H,9H2,2H3,(H,19,20,21). The van der Waals surface area contributed by atoms with Gasteiger partial charge in [0.25, 0.3) is 0 Å². The Morgan fingerprint density at radius 1 is 1.30 bits per heavy atom. The number of ether oxygens (including phenoxy) is 1. The van der Waals surface area contributed by atoms with Crippen molar-refractivity contribution in [1.82, 2.24) is 15.0 Å². The lowest BCUT2D eigenvalue weighted by Crippen LogP contribution is -1.99. The number of aromatic nitrogens is 3. The summed E-state index contributed by atoms with van der Waals surface area (Å²) in [6.45, 7) is 0. The Labute approximate surface area is 138 Å². The van der Waals surface area contributed by atoms with Crippen LogP contribution in [0.15, 0.2) is 47.9 Å². The number of benzene rings is 1. The maximum atomic E-state index is 5.31. The number of pyridine rings is 1. The van der Waals surface area contributed by atoms with Crippen molar-refractivity contribution in [1.29, 1.82) is 0 Å². The van der Waals surface area contributed by atoms with E-state index in [1.165, 1.54) is 11.8 Å². The molecule has 0 aliphatic rings. The van der Waals surface area contributed by atoms with Gasteiger partial charge in [0.15, 0.2) is 5.16 Å². The van der Waals surface area contributed by atoms with Gasteiger partial charge in [0.1, 0.15) is 11.6 Å². The SMILES string of the molecule is C#CCSc1nc(Nc2cccc(OC)c2)c2ccncc2n1. The highest BCUT2D eigenvalue weighted by molar-refractivity contribution is 7.99. The second kappa shape index (κ2) is 6.99. The minimum absolute atomic E-state index is 0.518. The molecule has 0 unspecified atom stereocenters. The molecule has 3 rings (SSSR count). The first-order valence-corrected chi connectivity index (χ1v) is 7.88. The molecular weight excluding hydrogens is 308 g/mol. The Bertz CT molecular complexity index is 876.